The summed E-state index contributed by atoms with van der Waals surface area (Å²) in [5.41, 5.74) is 10.8. The summed E-state index contributed by atoms with van der Waals surface area (Å²) in [6.45, 7) is 10.9. The van der Waals surface area contributed by atoms with E-state index in [9.17, 15) is 0 Å². The van der Waals surface area contributed by atoms with Crippen LogP contribution in [0, 0.1) is 13.8 Å². The summed E-state index contributed by atoms with van der Waals surface area (Å²) in [6.07, 6.45) is 3.85. The predicted molar refractivity (Wildman–Crippen MR) is 85.7 cm³/mol. The average Bonchev–Trinajstić information content (AvgIpc) is 2.71. The van der Waals surface area contributed by atoms with Crippen LogP contribution in [0.3, 0.4) is 0 Å². The molecule has 2 rings (SSSR count). The van der Waals surface area contributed by atoms with Gasteiger partial charge in [0, 0.05) is 18.5 Å². The third-order valence-corrected chi connectivity index (χ3v) is 3.52. The van der Waals surface area contributed by atoms with Gasteiger partial charge < -0.3 is 10.3 Å². The predicted octanol–water partition coefficient (Wildman–Crippen LogP) is 3.89. The quantitative estimate of drug-likeness (QED) is 0.837. The zero-order valence-electron chi connectivity index (χ0n) is 12.6. The number of hydrogen-bond acceptors (Lipinski definition) is 2. The Labute approximate surface area is 121 Å². The Kier molecular flexibility index (Phi) is 4.28. The molecule has 1 aromatic heterocycles. The van der Waals surface area contributed by atoms with Gasteiger partial charge in [0.25, 0.3) is 0 Å². The minimum atomic E-state index is 0.707. The van der Waals surface area contributed by atoms with Crippen LogP contribution in [0.1, 0.15) is 30.3 Å². The van der Waals surface area contributed by atoms with E-state index in [0.717, 1.165) is 35.7 Å². The van der Waals surface area contributed by atoms with Gasteiger partial charge in [0.1, 0.15) is 17.3 Å². The van der Waals surface area contributed by atoms with Crippen molar-refractivity contribution in [3.05, 3.63) is 47.8 Å². The molecule has 0 unspecified atom stereocenters. The number of rotatable bonds is 5. The molecule has 0 atom stereocenters. The molecule has 0 fully saturated rings. The van der Waals surface area contributed by atoms with Crippen LogP contribution in [-0.2, 0) is 13.0 Å². The van der Waals surface area contributed by atoms with E-state index in [1.165, 1.54) is 11.1 Å². The topological polar surface area (TPSA) is 43.8 Å². The fraction of sp³-hybridized carbons (Fsp3) is 0.353. The van der Waals surface area contributed by atoms with Crippen molar-refractivity contribution in [1.29, 1.82) is 0 Å². The second-order valence-electron chi connectivity index (χ2n) is 5.23. The van der Waals surface area contributed by atoms with Crippen molar-refractivity contribution >= 4 is 5.82 Å². The van der Waals surface area contributed by atoms with Crippen LogP contribution in [0.25, 0.3) is 11.3 Å². The number of aromatic nitrogens is 2. The first-order valence-electron chi connectivity index (χ1n) is 7.11. The number of aryl methyl sites for hydroxylation is 3. The maximum atomic E-state index is 6.32. The fourth-order valence-corrected chi connectivity index (χ4v) is 2.45. The van der Waals surface area contributed by atoms with Gasteiger partial charge in [0.15, 0.2) is 0 Å². The number of imidazole rings is 1. The van der Waals surface area contributed by atoms with E-state index in [1.807, 2.05) is 6.08 Å². The van der Waals surface area contributed by atoms with Crippen LogP contribution < -0.4 is 5.73 Å². The van der Waals surface area contributed by atoms with Crippen molar-refractivity contribution in [3.8, 4) is 11.3 Å². The molecule has 2 aromatic rings. The van der Waals surface area contributed by atoms with Crippen LogP contribution >= 0.6 is 0 Å². The van der Waals surface area contributed by atoms with Gasteiger partial charge in [0.05, 0.1) is 0 Å². The molecule has 1 aromatic carbocycles. The number of allylic oxidation sites excluding steroid dienone is 1. The highest BCUT2D eigenvalue weighted by atomic mass is 15.1. The minimum Gasteiger partial charge on any atom is -0.383 e. The van der Waals surface area contributed by atoms with Gasteiger partial charge >= 0.3 is 0 Å². The smallest absolute Gasteiger partial charge is 0.132 e. The third-order valence-electron chi connectivity index (χ3n) is 3.52. The normalized spacial score (nSPS) is 10.8. The summed E-state index contributed by atoms with van der Waals surface area (Å²) in [5, 5.41) is 0. The van der Waals surface area contributed by atoms with Crippen molar-refractivity contribution in [2.75, 3.05) is 5.73 Å². The molecular formula is C17H23N3. The maximum Gasteiger partial charge on any atom is 0.132 e. The standard InChI is InChI=1S/C17H23N3/c1-5-7-15-19-16(17(18)20(15)10-6-2)14-11-12(3)8-9-13(14)4/h6,8-9,11H,2,5,7,10,18H2,1,3-4H3. The molecule has 0 amide bonds. The Morgan fingerprint density at radius 1 is 1.35 bits per heavy atom. The number of anilines is 1. The lowest BCUT2D eigenvalue weighted by atomic mass is 10.0. The van der Waals surface area contributed by atoms with E-state index in [-0.39, 0.29) is 0 Å². The maximum absolute atomic E-state index is 6.32. The first-order valence-corrected chi connectivity index (χ1v) is 7.11. The molecule has 0 radical (unpaired) electrons. The highest BCUT2D eigenvalue weighted by molar-refractivity contribution is 5.74. The van der Waals surface area contributed by atoms with Gasteiger partial charge in [0.2, 0.25) is 0 Å². The summed E-state index contributed by atoms with van der Waals surface area (Å²) >= 11 is 0. The molecule has 0 spiro atoms. The summed E-state index contributed by atoms with van der Waals surface area (Å²) in [5.74, 6) is 1.78. The first-order chi connectivity index (χ1) is 9.58. The number of nitrogen functional groups attached to an aromatic ring is 1. The van der Waals surface area contributed by atoms with Gasteiger partial charge in [-0.15, -0.1) is 6.58 Å². The molecule has 0 aliphatic heterocycles. The van der Waals surface area contributed by atoms with E-state index < -0.39 is 0 Å². The van der Waals surface area contributed by atoms with Crippen molar-refractivity contribution in [3.63, 3.8) is 0 Å². The molecule has 0 saturated heterocycles. The van der Waals surface area contributed by atoms with Gasteiger partial charge in [-0.3, -0.25) is 0 Å². The Balaban J connectivity index is 2.59. The van der Waals surface area contributed by atoms with Crippen LogP contribution in [0.4, 0.5) is 5.82 Å². The first kappa shape index (κ1) is 14.4. The molecule has 0 aliphatic carbocycles. The molecule has 1 heterocycles. The Morgan fingerprint density at radius 3 is 2.75 bits per heavy atom. The molecule has 3 nitrogen and oxygen atoms in total. The van der Waals surface area contributed by atoms with Gasteiger partial charge in [-0.2, -0.15) is 0 Å². The highest BCUT2D eigenvalue weighted by Gasteiger charge is 2.16. The second-order valence-corrected chi connectivity index (χ2v) is 5.23. The van der Waals surface area contributed by atoms with E-state index in [2.05, 4.69) is 50.1 Å². The zero-order chi connectivity index (χ0) is 14.7. The largest absolute Gasteiger partial charge is 0.383 e. The number of nitrogens with two attached hydrogens (primary N) is 1. The van der Waals surface area contributed by atoms with E-state index in [0.29, 0.717) is 6.54 Å². The summed E-state index contributed by atoms with van der Waals surface area (Å²) in [6, 6.07) is 6.39. The van der Waals surface area contributed by atoms with E-state index in [1.54, 1.807) is 0 Å². The number of benzene rings is 1. The van der Waals surface area contributed by atoms with Crippen molar-refractivity contribution in [2.45, 2.75) is 40.2 Å². The van der Waals surface area contributed by atoms with Crippen LogP contribution in [0.2, 0.25) is 0 Å². The SMILES string of the molecule is C=CCn1c(CCC)nc(-c2cc(C)ccc2C)c1N. The molecule has 106 valence electrons. The highest BCUT2D eigenvalue weighted by Crippen LogP contribution is 2.30. The van der Waals surface area contributed by atoms with Crippen LogP contribution in [-0.4, -0.2) is 9.55 Å². The third kappa shape index (κ3) is 2.62. The molecular weight excluding hydrogens is 246 g/mol. The lowest BCUT2D eigenvalue weighted by Gasteiger charge is -2.07. The molecule has 0 bridgehead atoms. The lowest BCUT2D eigenvalue weighted by Crippen LogP contribution is -2.05. The van der Waals surface area contributed by atoms with E-state index >= 15 is 0 Å². The molecule has 20 heavy (non-hydrogen) atoms. The molecule has 0 saturated carbocycles. The fourth-order valence-electron chi connectivity index (χ4n) is 2.45. The number of hydrogen-bond donors (Lipinski definition) is 1. The molecule has 2 N–H and O–H groups in total. The minimum absolute atomic E-state index is 0.707. The Morgan fingerprint density at radius 2 is 2.10 bits per heavy atom. The van der Waals surface area contributed by atoms with Gasteiger partial charge in [-0.05, 0) is 31.9 Å². The molecule has 0 aliphatic rings. The summed E-state index contributed by atoms with van der Waals surface area (Å²) < 4.78 is 2.06. The second kappa shape index (κ2) is 5.95. The van der Waals surface area contributed by atoms with Crippen molar-refractivity contribution < 1.29 is 0 Å². The summed E-state index contributed by atoms with van der Waals surface area (Å²) in [7, 11) is 0. The van der Waals surface area contributed by atoms with Crippen molar-refractivity contribution in [1.82, 2.24) is 9.55 Å². The Bertz CT molecular complexity index is 623. The monoisotopic (exact) mass is 269 g/mol. The van der Waals surface area contributed by atoms with Crippen LogP contribution in [0.15, 0.2) is 30.9 Å². The summed E-state index contributed by atoms with van der Waals surface area (Å²) in [4.78, 5) is 4.78. The van der Waals surface area contributed by atoms with Gasteiger partial charge in [-0.25, -0.2) is 4.98 Å². The average molecular weight is 269 g/mol. The number of nitrogens with zero attached hydrogens (tertiary/aromatic N) is 2. The molecule has 3 heteroatoms. The lowest BCUT2D eigenvalue weighted by molar-refractivity contribution is 0.724. The van der Waals surface area contributed by atoms with Gasteiger partial charge in [-0.1, -0.05) is 30.7 Å². The van der Waals surface area contributed by atoms with E-state index in [4.69, 9.17) is 10.7 Å². The van der Waals surface area contributed by atoms with Crippen molar-refractivity contribution in [2.24, 2.45) is 0 Å². The Hall–Kier alpha value is -2.03. The van der Waals surface area contributed by atoms with Crippen LogP contribution in [0.5, 0.6) is 0 Å². The zero-order valence-corrected chi connectivity index (χ0v) is 12.6.